The molecule has 10 heteroatoms. The van der Waals surface area contributed by atoms with E-state index in [2.05, 4.69) is 10.6 Å². The maximum absolute atomic E-state index is 14.3. The van der Waals surface area contributed by atoms with Gasteiger partial charge < -0.3 is 15.2 Å². The molecule has 1 aliphatic carbocycles. The number of Topliss-reactive ketones (excluding diaryl/α,β-unsaturated/α-hetero) is 1. The van der Waals surface area contributed by atoms with Gasteiger partial charge in [0.1, 0.15) is 5.41 Å². The molecule has 0 unspecified atom stereocenters. The second-order valence-electron chi connectivity index (χ2n) is 12.1. The second-order valence-corrected chi connectivity index (χ2v) is 12.9. The van der Waals surface area contributed by atoms with E-state index >= 15 is 0 Å². The van der Waals surface area contributed by atoms with E-state index < -0.39 is 41.7 Å². The lowest BCUT2D eigenvalue weighted by atomic mass is 9.46. The molecule has 1 saturated carbocycles. The Labute approximate surface area is 241 Å². The number of ether oxygens (including phenoxy) is 1. The van der Waals surface area contributed by atoms with Gasteiger partial charge in [0.25, 0.3) is 0 Å². The van der Waals surface area contributed by atoms with E-state index in [0.29, 0.717) is 39.9 Å². The number of hydrogen-bond acceptors (Lipinski definition) is 5. The van der Waals surface area contributed by atoms with Gasteiger partial charge >= 0.3 is 0 Å². The van der Waals surface area contributed by atoms with Gasteiger partial charge in [-0.2, -0.15) is 0 Å². The van der Waals surface area contributed by atoms with Gasteiger partial charge in [-0.3, -0.25) is 23.7 Å². The molecule has 214 valence electrons. The number of fused-ring (bicyclic) bond motifs is 3. The molecule has 6 nitrogen and oxygen atoms in total. The highest BCUT2D eigenvalue weighted by Crippen LogP contribution is 2.68. The molecular weight excluding hydrogens is 561 g/mol. The molecule has 6 rings (SSSR count). The van der Waals surface area contributed by atoms with E-state index in [4.69, 9.17) is 27.9 Å². The van der Waals surface area contributed by atoms with Crippen LogP contribution >= 0.6 is 23.2 Å². The number of carbonyl (C=O) groups is 2. The normalized spacial score (nSPS) is 31.7. The molecule has 3 fully saturated rings. The molecule has 4 aliphatic rings. The number of ketones is 1. The molecule has 2 aromatic rings. The minimum absolute atomic E-state index is 0.0368. The highest BCUT2D eigenvalue weighted by molar-refractivity contribution is 6.31. The molecule has 2 aromatic carbocycles. The predicted octanol–water partition coefficient (Wildman–Crippen LogP) is 5.14. The first-order valence-corrected chi connectivity index (χ1v) is 14.5. The number of benzene rings is 2. The van der Waals surface area contributed by atoms with Crippen LogP contribution in [0.4, 0.5) is 14.5 Å². The quantitative estimate of drug-likeness (QED) is 0.414. The highest BCUT2D eigenvalue weighted by atomic mass is 35.5. The van der Waals surface area contributed by atoms with Crippen molar-refractivity contribution in [2.75, 3.05) is 31.9 Å². The fourth-order valence-electron chi connectivity index (χ4n) is 7.95. The van der Waals surface area contributed by atoms with Crippen LogP contribution in [-0.4, -0.2) is 61.0 Å². The Kier molecular flexibility index (Phi) is 7.23. The van der Waals surface area contributed by atoms with Crippen molar-refractivity contribution in [1.29, 1.82) is 0 Å². The van der Waals surface area contributed by atoms with Gasteiger partial charge in [-0.15, -0.1) is 0 Å². The number of nitrogens with one attached hydrogen (secondary N) is 2. The summed E-state index contributed by atoms with van der Waals surface area (Å²) in [6, 6.07) is 11.5. The molecule has 2 spiro atoms. The minimum Gasteiger partial charge on any atom is -0.394 e. The fourth-order valence-corrected chi connectivity index (χ4v) is 8.32. The van der Waals surface area contributed by atoms with Crippen LogP contribution in [0.5, 0.6) is 0 Å². The Morgan fingerprint density at radius 3 is 2.48 bits per heavy atom. The number of amides is 1. The zero-order valence-corrected chi connectivity index (χ0v) is 23.4. The average molecular weight is 593 g/mol. The van der Waals surface area contributed by atoms with Crippen LogP contribution < -0.4 is 10.6 Å². The molecular formula is C30H32Cl2F2N2O4. The number of alkyl halides is 2. The molecule has 40 heavy (non-hydrogen) atoms. The van der Waals surface area contributed by atoms with Crippen LogP contribution in [-0.2, 0) is 19.7 Å². The summed E-state index contributed by atoms with van der Waals surface area (Å²) in [6.45, 7) is -1.42. The molecule has 0 bridgehead atoms. The van der Waals surface area contributed by atoms with Crippen LogP contribution in [0.3, 0.4) is 0 Å². The zero-order valence-electron chi connectivity index (χ0n) is 21.9. The van der Waals surface area contributed by atoms with E-state index in [1.165, 1.54) is 0 Å². The van der Waals surface area contributed by atoms with Gasteiger partial charge in [-0.1, -0.05) is 41.4 Å². The van der Waals surface area contributed by atoms with Gasteiger partial charge in [-0.25, -0.2) is 0 Å². The molecule has 0 aromatic heterocycles. The third-order valence-electron chi connectivity index (χ3n) is 9.63. The van der Waals surface area contributed by atoms with Crippen LogP contribution in [0, 0.1) is 11.3 Å². The summed E-state index contributed by atoms with van der Waals surface area (Å²) in [7, 11) is 0. The molecule has 1 amide bonds. The van der Waals surface area contributed by atoms with Gasteiger partial charge in [0.05, 0.1) is 38.7 Å². The van der Waals surface area contributed by atoms with E-state index in [1.54, 1.807) is 36.4 Å². The van der Waals surface area contributed by atoms with Crippen molar-refractivity contribution in [1.82, 2.24) is 5.32 Å². The van der Waals surface area contributed by atoms with Crippen LogP contribution in [0.25, 0.3) is 0 Å². The molecule has 0 radical (unpaired) electrons. The largest absolute Gasteiger partial charge is 0.394 e. The number of aliphatic hydroxyl groups excluding tert-OH is 1. The van der Waals surface area contributed by atoms with E-state index in [-0.39, 0.29) is 49.6 Å². The lowest BCUT2D eigenvalue weighted by molar-refractivity contribution is -0.131. The summed E-state index contributed by atoms with van der Waals surface area (Å²) in [6.07, 6.45) is 1.51. The first-order chi connectivity index (χ1) is 19.2. The Morgan fingerprint density at radius 1 is 1.07 bits per heavy atom. The number of anilines is 1. The Morgan fingerprint density at radius 2 is 1.82 bits per heavy atom. The third kappa shape index (κ3) is 4.13. The van der Waals surface area contributed by atoms with Crippen molar-refractivity contribution >= 4 is 40.6 Å². The van der Waals surface area contributed by atoms with Crippen LogP contribution in [0.2, 0.25) is 10.0 Å². The van der Waals surface area contributed by atoms with Crippen molar-refractivity contribution < 1.29 is 28.2 Å². The summed E-state index contributed by atoms with van der Waals surface area (Å²) >= 11 is 12.7. The van der Waals surface area contributed by atoms with Crippen LogP contribution in [0.1, 0.15) is 49.1 Å². The summed E-state index contributed by atoms with van der Waals surface area (Å²) in [5.41, 5.74) is -1.71. The van der Waals surface area contributed by atoms with Gasteiger partial charge in [0.2, 0.25) is 5.91 Å². The maximum Gasteiger partial charge on any atom is 0.237 e. The van der Waals surface area contributed by atoms with Crippen LogP contribution in [0.15, 0.2) is 42.5 Å². The average Bonchev–Trinajstić information content (AvgIpc) is 3.40. The number of aliphatic hydroxyl groups is 1. The summed E-state index contributed by atoms with van der Waals surface area (Å²) in [4.78, 5) is 28.5. The van der Waals surface area contributed by atoms with Gasteiger partial charge in [0, 0.05) is 39.0 Å². The van der Waals surface area contributed by atoms with E-state index in [9.17, 15) is 23.5 Å². The number of carbonyl (C=O) groups excluding carboxylic acids is 2. The standard InChI is InChI=1S/C30H32Cl2F2N2O4/c31-19-3-1-2-18(9-19)25-26(24(38)8-17-4-6-21(11-37)40-12-17)36-29(13-28(14-29,15-33)16-34)30(25)22-7-5-20(32)10-23(22)35-27(30)39/h1-3,5,7,9-10,17,21,25-26,36-37H,4,6,8,11-16H2,(H,35,39)/t17-,21-,25-,26-,30+/m0/s1. The monoisotopic (exact) mass is 592 g/mol. The van der Waals surface area contributed by atoms with Crippen molar-refractivity contribution in [3.63, 3.8) is 0 Å². The highest BCUT2D eigenvalue weighted by Gasteiger charge is 2.77. The maximum atomic E-state index is 14.3. The van der Waals surface area contributed by atoms with Crippen molar-refractivity contribution in [3.05, 3.63) is 63.6 Å². The Balaban J connectivity index is 1.48. The first kappa shape index (κ1) is 28.0. The van der Waals surface area contributed by atoms with Crippen molar-refractivity contribution in [2.45, 2.75) is 61.1 Å². The molecule has 3 heterocycles. The first-order valence-electron chi connectivity index (χ1n) is 13.7. The van der Waals surface area contributed by atoms with Crippen molar-refractivity contribution in [2.24, 2.45) is 11.3 Å². The zero-order chi connectivity index (χ0) is 28.3. The van der Waals surface area contributed by atoms with E-state index in [0.717, 1.165) is 6.42 Å². The summed E-state index contributed by atoms with van der Waals surface area (Å²) in [5.74, 6) is -1.14. The molecule has 5 atom stereocenters. The van der Waals surface area contributed by atoms with Gasteiger partial charge in [0.15, 0.2) is 5.78 Å². The van der Waals surface area contributed by atoms with Crippen molar-refractivity contribution in [3.8, 4) is 0 Å². The fraction of sp³-hybridized carbons (Fsp3) is 0.533. The number of rotatable bonds is 7. The summed E-state index contributed by atoms with van der Waals surface area (Å²) < 4.78 is 34.2. The summed E-state index contributed by atoms with van der Waals surface area (Å²) in [5, 5.41) is 16.8. The van der Waals surface area contributed by atoms with Gasteiger partial charge in [-0.05, 0) is 67.0 Å². The number of hydrogen-bond donors (Lipinski definition) is 3. The SMILES string of the molecule is O=C(C[C@@H]1CC[C@@H](CO)OC1)[C@@H]1NC2(CC(CF)(CF)C2)[C@@]2(C(=O)Nc3cc(Cl)ccc32)[C@H]1c1cccc(Cl)c1. The predicted molar refractivity (Wildman–Crippen MR) is 148 cm³/mol. The number of halogens is 4. The lowest BCUT2D eigenvalue weighted by Crippen LogP contribution is -2.70. The minimum atomic E-state index is -1.32. The lowest BCUT2D eigenvalue weighted by Gasteiger charge is -2.59. The Bertz CT molecular complexity index is 1320. The van der Waals surface area contributed by atoms with E-state index in [1.807, 2.05) is 6.07 Å². The Hall–Kier alpha value is -2.10. The second kappa shape index (κ2) is 10.3. The molecule has 3 aliphatic heterocycles. The topological polar surface area (TPSA) is 87.7 Å². The smallest absolute Gasteiger partial charge is 0.237 e. The molecule has 2 saturated heterocycles. The molecule has 3 N–H and O–H groups in total. The third-order valence-corrected chi connectivity index (χ3v) is 10.1.